The number of para-hydroxylation sites is 1. The van der Waals surface area contributed by atoms with Gasteiger partial charge in [-0.2, -0.15) is 5.26 Å². The van der Waals surface area contributed by atoms with Crippen molar-refractivity contribution >= 4 is 34.4 Å². The Labute approximate surface area is 176 Å². The van der Waals surface area contributed by atoms with Gasteiger partial charge in [-0.3, -0.25) is 14.2 Å². The first kappa shape index (κ1) is 19.5. The summed E-state index contributed by atoms with van der Waals surface area (Å²) in [6, 6.07) is 19.7. The van der Waals surface area contributed by atoms with Crippen molar-refractivity contribution in [1.29, 1.82) is 5.26 Å². The van der Waals surface area contributed by atoms with E-state index in [0.29, 0.717) is 33.1 Å². The first-order valence-corrected chi connectivity index (χ1v) is 10.1. The lowest BCUT2D eigenvalue weighted by Crippen LogP contribution is -2.23. The van der Waals surface area contributed by atoms with Crippen LogP contribution in [-0.4, -0.2) is 26.2 Å². The molecule has 0 aliphatic carbocycles. The molecule has 0 radical (unpaired) electrons. The van der Waals surface area contributed by atoms with E-state index in [-0.39, 0.29) is 17.2 Å². The standard InChI is InChI=1S/C22H17N5O2S/c1-14-10-18-20(24-14)21(29)27(17-8-3-2-4-9-17)22(26-18)30-13-19(28)25-16-7-5-6-15(11-16)12-23/h2-11,24H,13H2,1H3,(H,25,28). The SMILES string of the molecule is Cc1cc2nc(SCC(=O)Nc3cccc(C#N)c3)n(-c3ccccc3)c(=O)c2[nH]1. The molecule has 2 heterocycles. The quantitative estimate of drug-likeness (QED) is 0.383. The largest absolute Gasteiger partial charge is 0.353 e. The average molecular weight is 415 g/mol. The van der Waals surface area contributed by atoms with Gasteiger partial charge >= 0.3 is 0 Å². The van der Waals surface area contributed by atoms with E-state index < -0.39 is 0 Å². The van der Waals surface area contributed by atoms with Crippen molar-refractivity contribution < 1.29 is 4.79 Å². The number of hydrogen-bond donors (Lipinski definition) is 2. The Morgan fingerprint density at radius 1 is 1.20 bits per heavy atom. The van der Waals surface area contributed by atoms with Crippen molar-refractivity contribution in [3.63, 3.8) is 0 Å². The lowest BCUT2D eigenvalue weighted by Gasteiger charge is -2.12. The number of hydrogen-bond acceptors (Lipinski definition) is 5. The van der Waals surface area contributed by atoms with Crippen LogP contribution >= 0.6 is 11.8 Å². The molecule has 0 aliphatic rings. The molecule has 8 heteroatoms. The summed E-state index contributed by atoms with van der Waals surface area (Å²) in [6.45, 7) is 1.86. The third-order valence-electron chi connectivity index (χ3n) is 4.38. The molecule has 0 fully saturated rings. The summed E-state index contributed by atoms with van der Waals surface area (Å²) in [5.74, 6) is -0.195. The summed E-state index contributed by atoms with van der Waals surface area (Å²) in [5, 5.41) is 12.2. The van der Waals surface area contributed by atoms with Gasteiger partial charge in [-0.1, -0.05) is 36.0 Å². The molecule has 2 N–H and O–H groups in total. The molecule has 4 aromatic rings. The molecular formula is C22H17N5O2S. The van der Waals surface area contributed by atoms with Crippen molar-refractivity contribution in [2.45, 2.75) is 12.1 Å². The van der Waals surface area contributed by atoms with Crippen LogP contribution in [0.4, 0.5) is 5.69 Å². The van der Waals surface area contributed by atoms with Gasteiger partial charge in [0.1, 0.15) is 5.52 Å². The van der Waals surface area contributed by atoms with Crippen LogP contribution in [0.25, 0.3) is 16.7 Å². The third-order valence-corrected chi connectivity index (χ3v) is 5.32. The molecule has 7 nitrogen and oxygen atoms in total. The van der Waals surface area contributed by atoms with E-state index >= 15 is 0 Å². The second-order valence-corrected chi connectivity index (χ2v) is 7.56. The van der Waals surface area contributed by atoms with Crippen LogP contribution in [0.2, 0.25) is 0 Å². The Kier molecular flexibility index (Phi) is 5.37. The number of nitrogens with one attached hydrogen (secondary N) is 2. The number of aromatic nitrogens is 3. The summed E-state index contributed by atoms with van der Waals surface area (Å²) >= 11 is 1.18. The van der Waals surface area contributed by atoms with E-state index in [1.807, 2.05) is 49.4 Å². The van der Waals surface area contributed by atoms with Gasteiger partial charge in [0.25, 0.3) is 5.56 Å². The Hall–Kier alpha value is -3.83. The monoisotopic (exact) mass is 415 g/mol. The molecule has 2 aromatic carbocycles. The van der Waals surface area contributed by atoms with Gasteiger partial charge in [0.2, 0.25) is 5.91 Å². The van der Waals surface area contributed by atoms with Gasteiger partial charge in [-0.15, -0.1) is 0 Å². The molecule has 0 atom stereocenters. The number of thioether (sulfide) groups is 1. The van der Waals surface area contributed by atoms with Crippen molar-refractivity contribution in [1.82, 2.24) is 14.5 Å². The van der Waals surface area contributed by atoms with Crippen LogP contribution in [0.15, 0.2) is 70.6 Å². The number of nitriles is 1. The predicted molar refractivity (Wildman–Crippen MR) is 117 cm³/mol. The van der Waals surface area contributed by atoms with Crippen LogP contribution in [0.5, 0.6) is 0 Å². The molecule has 0 aliphatic heterocycles. The number of anilines is 1. The molecule has 0 unspecified atom stereocenters. The zero-order chi connectivity index (χ0) is 21.1. The summed E-state index contributed by atoms with van der Waals surface area (Å²) in [4.78, 5) is 33.2. The first-order chi connectivity index (χ1) is 14.5. The second kappa shape index (κ2) is 8.27. The number of benzene rings is 2. The molecule has 0 saturated carbocycles. The van der Waals surface area contributed by atoms with E-state index in [1.165, 1.54) is 16.3 Å². The van der Waals surface area contributed by atoms with Gasteiger partial charge in [0, 0.05) is 11.4 Å². The summed E-state index contributed by atoms with van der Waals surface area (Å²) in [6.07, 6.45) is 0. The average Bonchev–Trinajstić information content (AvgIpc) is 3.13. The summed E-state index contributed by atoms with van der Waals surface area (Å²) in [7, 11) is 0. The molecule has 0 spiro atoms. The molecule has 0 saturated heterocycles. The highest BCUT2D eigenvalue weighted by Gasteiger charge is 2.16. The normalized spacial score (nSPS) is 10.7. The van der Waals surface area contributed by atoms with Crippen molar-refractivity contribution in [2.75, 3.05) is 11.1 Å². The molecule has 0 bridgehead atoms. The number of amides is 1. The van der Waals surface area contributed by atoms with Gasteiger partial charge in [-0.05, 0) is 43.3 Å². The van der Waals surface area contributed by atoms with Crippen molar-refractivity contribution in [3.8, 4) is 11.8 Å². The minimum Gasteiger partial charge on any atom is -0.353 e. The molecule has 148 valence electrons. The Morgan fingerprint density at radius 2 is 2.00 bits per heavy atom. The fourth-order valence-corrected chi connectivity index (χ4v) is 3.89. The maximum absolute atomic E-state index is 13.1. The lowest BCUT2D eigenvalue weighted by atomic mass is 10.2. The van der Waals surface area contributed by atoms with Gasteiger partial charge < -0.3 is 10.3 Å². The highest BCUT2D eigenvalue weighted by atomic mass is 32.2. The van der Waals surface area contributed by atoms with Crippen molar-refractivity contribution in [2.24, 2.45) is 0 Å². The van der Waals surface area contributed by atoms with E-state index in [1.54, 1.807) is 24.3 Å². The Morgan fingerprint density at radius 3 is 2.77 bits per heavy atom. The molecular weight excluding hydrogens is 398 g/mol. The molecule has 1 amide bonds. The Bertz CT molecular complexity index is 1340. The van der Waals surface area contributed by atoms with Crippen molar-refractivity contribution in [3.05, 3.63) is 82.3 Å². The van der Waals surface area contributed by atoms with Gasteiger partial charge in [-0.25, -0.2) is 4.98 Å². The highest BCUT2D eigenvalue weighted by molar-refractivity contribution is 7.99. The van der Waals surface area contributed by atoms with Gasteiger partial charge in [0.05, 0.1) is 28.6 Å². The van der Waals surface area contributed by atoms with Gasteiger partial charge in [0.15, 0.2) is 5.16 Å². The smallest absolute Gasteiger partial charge is 0.283 e. The number of H-pyrrole nitrogens is 1. The number of aryl methyl sites for hydroxylation is 1. The fraction of sp³-hybridized carbons (Fsp3) is 0.0909. The van der Waals surface area contributed by atoms with E-state index in [4.69, 9.17) is 5.26 Å². The van der Waals surface area contributed by atoms with Crippen LogP contribution in [0.3, 0.4) is 0 Å². The Balaban J connectivity index is 1.64. The molecule has 4 rings (SSSR count). The van der Waals surface area contributed by atoms with E-state index in [9.17, 15) is 9.59 Å². The van der Waals surface area contributed by atoms with Crippen LogP contribution < -0.4 is 10.9 Å². The lowest BCUT2D eigenvalue weighted by molar-refractivity contribution is -0.113. The van der Waals surface area contributed by atoms with E-state index in [2.05, 4.69) is 15.3 Å². The fourth-order valence-electron chi connectivity index (χ4n) is 3.07. The number of nitrogens with zero attached hydrogens (tertiary/aromatic N) is 3. The number of aromatic amines is 1. The van der Waals surface area contributed by atoms with E-state index in [0.717, 1.165) is 5.69 Å². The molecule has 2 aromatic heterocycles. The maximum atomic E-state index is 13.1. The minimum atomic E-state index is -0.255. The predicted octanol–water partition coefficient (Wildman–Crippen LogP) is 3.62. The number of carbonyl (C=O) groups excluding carboxylic acids is 1. The third kappa shape index (κ3) is 3.97. The highest BCUT2D eigenvalue weighted by Crippen LogP contribution is 2.22. The number of rotatable bonds is 5. The zero-order valence-electron chi connectivity index (χ0n) is 16.0. The number of fused-ring (bicyclic) bond motifs is 1. The minimum absolute atomic E-state index is 0.0605. The zero-order valence-corrected chi connectivity index (χ0v) is 16.9. The summed E-state index contributed by atoms with van der Waals surface area (Å²) in [5.41, 5.74) is 3.30. The summed E-state index contributed by atoms with van der Waals surface area (Å²) < 4.78 is 1.51. The topological polar surface area (TPSA) is 104 Å². The van der Waals surface area contributed by atoms with Crippen LogP contribution in [0.1, 0.15) is 11.3 Å². The molecule has 30 heavy (non-hydrogen) atoms. The second-order valence-electron chi connectivity index (χ2n) is 6.61. The number of carbonyl (C=O) groups is 1. The van der Waals surface area contributed by atoms with Crippen LogP contribution in [-0.2, 0) is 4.79 Å². The first-order valence-electron chi connectivity index (χ1n) is 9.16. The maximum Gasteiger partial charge on any atom is 0.283 e. The van der Waals surface area contributed by atoms with Crippen LogP contribution in [0, 0.1) is 18.3 Å².